The molecule has 1 spiro atoms. The molecule has 0 radical (unpaired) electrons. The second-order valence-electron chi connectivity index (χ2n) is 14.7. The molecule has 8 aromatic carbocycles. The number of pyridine rings is 1. The summed E-state index contributed by atoms with van der Waals surface area (Å²) >= 11 is 0. The normalized spacial score (nSPS) is 15.3. The van der Waals surface area contributed by atoms with Crippen molar-refractivity contribution in [1.82, 2.24) is 15.0 Å². The zero-order valence-electron chi connectivity index (χ0n) is 29.7. The Morgan fingerprint density at radius 3 is 1.96 bits per heavy atom. The fourth-order valence-corrected chi connectivity index (χ4v) is 9.62. The van der Waals surface area contributed by atoms with Gasteiger partial charge in [0.05, 0.1) is 16.8 Å². The van der Waals surface area contributed by atoms with E-state index in [-0.39, 0.29) is 0 Å². The smallest absolute Gasteiger partial charge is 0.160 e. The number of aromatic nitrogens is 3. The minimum absolute atomic E-state index is 0.594. The average Bonchev–Trinajstić information content (AvgIpc) is 3.46. The summed E-state index contributed by atoms with van der Waals surface area (Å²) in [6.07, 6.45) is 8.27. The summed E-state index contributed by atoms with van der Waals surface area (Å²) in [5, 5.41) is 7.81. The van der Waals surface area contributed by atoms with Gasteiger partial charge in [-0.15, -0.1) is 0 Å². The lowest BCUT2D eigenvalue weighted by Crippen LogP contribution is -2.30. The maximum Gasteiger partial charge on any atom is 0.160 e. The van der Waals surface area contributed by atoms with Crippen LogP contribution in [0.15, 0.2) is 176 Å². The Labute approximate surface area is 318 Å². The highest BCUT2D eigenvalue weighted by molar-refractivity contribution is 6.26. The van der Waals surface area contributed by atoms with Gasteiger partial charge in [0.2, 0.25) is 0 Å². The number of nitrogens with zero attached hydrogens (tertiary/aromatic N) is 3. The summed E-state index contributed by atoms with van der Waals surface area (Å²) in [7, 11) is 0. The monoisotopic (exact) mass is 697 g/mol. The van der Waals surface area contributed by atoms with Gasteiger partial charge in [0.15, 0.2) is 5.82 Å². The molecule has 1 unspecified atom stereocenters. The molecule has 10 aromatic rings. The highest BCUT2D eigenvalue weighted by Crippen LogP contribution is 2.61. The highest BCUT2D eigenvalue weighted by atomic mass is 14.9. The summed E-state index contributed by atoms with van der Waals surface area (Å²) in [4.78, 5) is 14.8. The first kappa shape index (κ1) is 30.3. The zero-order chi connectivity index (χ0) is 36.1. The Morgan fingerprint density at radius 1 is 0.418 bits per heavy atom. The van der Waals surface area contributed by atoms with E-state index in [4.69, 9.17) is 9.97 Å². The van der Waals surface area contributed by atoms with Crippen molar-refractivity contribution in [2.75, 3.05) is 0 Å². The van der Waals surface area contributed by atoms with Gasteiger partial charge in [0, 0.05) is 29.1 Å². The van der Waals surface area contributed by atoms with E-state index >= 15 is 0 Å². The van der Waals surface area contributed by atoms with E-state index in [1.54, 1.807) is 6.20 Å². The predicted molar refractivity (Wildman–Crippen MR) is 226 cm³/mol. The van der Waals surface area contributed by atoms with Crippen LogP contribution >= 0.6 is 0 Å². The molecule has 0 amide bonds. The van der Waals surface area contributed by atoms with Crippen molar-refractivity contribution in [3.05, 3.63) is 210 Å². The van der Waals surface area contributed by atoms with Gasteiger partial charge in [-0.3, -0.25) is 4.98 Å². The first-order valence-corrected chi connectivity index (χ1v) is 18.8. The molecule has 2 aliphatic carbocycles. The van der Waals surface area contributed by atoms with Gasteiger partial charge >= 0.3 is 0 Å². The van der Waals surface area contributed by atoms with E-state index in [1.165, 1.54) is 76.8 Å². The van der Waals surface area contributed by atoms with Crippen molar-refractivity contribution in [3.8, 4) is 45.0 Å². The number of fused-ring (bicyclic) bond motifs is 10. The van der Waals surface area contributed by atoms with Crippen LogP contribution in [-0.2, 0) is 5.41 Å². The van der Waals surface area contributed by atoms with Crippen molar-refractivity contribution >= 4 is 44.5 Å². The van der Waals surface area contributed by atoms with Crippen LogP contribution in [0.5, 0.6) is 0 Å². The van der Waals surface area contributed by atoms with Crippen LogP contribution in [0.1, 0.15) is 33.4 Å². The lowest BCUT2D eigenvalue weighted by atomic mass is 9.65. The topological polar surface area (TPSA) is 38.7 Å². The summed E-state index contributed by atoms with van der Waals surface area (Å²) in [6.45, 7) is 0. The molecule has 2 aromatic heterocycles. The largest absolute Gasteiger partial charge is 0.264 e. The minimum Gasteiger partial charge on any atom is -0.264 e. The van der Waals surface area contributed by atoms with Gasteiger partial charge in [0.25, 0.3) is 0 Å². The molecule has 0 fully saturated rings. The third kappa shape index (κ3) is 4.24. The Morgan fingerprint density at radius 2 is 1.13 bits per heavy atom. The molecule has 2 heterocycles. The van der Waals surface area contributed by atoms with Gasteiger partial charge in [-0.1, -0.05) is 146 Å². The molecule has 12 rings (SSSR count). The van der Waals surface area contributed by atoms with Gasteiger partial charge in [-0.05, 0) is 107 Å². The van der Waals surface area contributed by atoms with E-state index in [2.05, 4.69) is 157 Å². The fourth-order valence-electron chi connectivity index (χ4n) is 9.62. The number of hydrogen-bond donors (Lipinski definition) is 0. The third-order valence-corrected chi connectivity index (χ3v) is 11.9. The number of rotatable bonds is 3. The predicted octanol–water partition coefficient (Wildman–Crippen LogP) is 12.6. The lowest BCUT2D eigenvalue weighted by Gasteiger charge is -2.36. The molecule has 254 valence electrons. The Balaban J connectivity index is 1.19. The van der Waals surface area contributed by atoms with E-state index < -0.39 is 5.41 Å². The van der Waals surface area contributed by atoms with Crippen molar-refractivity contribution < 1.29 is 0 Å². The maximum absolute atomic E-state index is 5.26. The van der Waals surface area contributed by atoms with Crippen LogP contribution in [-0.4, -0.2) is 15.0 Å². The zero-order valence-corrected chi connectivity index (χ0v) is 29.7. The number of hydrogen-bond acceptors (Lipinski definition) is 3. The summed E-state index contributed by atoms with van der Waals surface area (Å²) in [5.41, 5.74) is 14.3. The lowest BCUT2D eigenvalue weighted by molar-refractivity contribution is 0.768. The van der Waals surface area contributed by atoms with Gasteiger partial charge < -0.3 is 0 Å². The standard InChI is InChI=1S/C52H31N3/c1-2-11-36(12-3-1)51-54-46(30-47(55-51)39-15-9-27-53-31-39)37-23-21-33-20-19-32-10-4-6-17-42(32)52(44(33)28-37)43-18-7-5-16-40(43)50-41-26-25-35-14-8-13-34-22-24-38(29-45(50)52)49(41)48(34)35/h1-31H. The molecule has 3 heteroatoms. The van der Waals surface area contributed by atoms with Crippen LogP contribution in [0, 0.1) is 0 Å². The molecule has 1 atom stereocenters. The van der Waals surface area contributed by atoms with Crippen LogP contribution in [0.2, 0.25) is 0 Å². The number of benzene rings is 8. The molecule has 0 saturated heterocycles. The molecular weight excluding hydrogens is 667 g/mol. The highest BCUT2D eigenvalue weighted by Gasteiger charge is 2.49. The summed E-state index contributed by atoms with van der Waals surface area (Å²) in [6, 6.07) is 59.8. The van der Waals surface area contributed by atoms with Crippen LogP contribution in [0.3, 0.4) is 0 Å². The molecule has 0 saturated carbocycles. The molecule has 0 aliphatic heterocycles. The van der Waals surface area contributed by atoms with E-state index in [0.29, 0.717) is 5.82 Å². The van der Waals surface area contributed by atoms with Crippen molar-refractivity contribution in [1.29, 1.82) is 0 Å². The molecule has 2 aliphatic rings. The molecule has 0 bridgehead atoms. The minimum atomic E-state index is -0.594. The summed E-state index contributed by atoms with van der Waals surface area (Å²) in [5.74, 6) is 0.687. The van der Waals surface area contributed by atoms with E-state index in [9.17, 15) is 0 Å². The maximum atomic E-state index is 5.26. The quantitative estimate of drug-likeness (QED) is 0.173. The van der Waals surface area contributed by atoms with Crippen molar-refractivity contribution in [2.24, 2.45) is 0 Å². The summed E-state index contributed by atoms with van der Waals surface area (Å²) < 4.78 is 0. The van der Waals surface area contributed by atoms with Gasteiger partial charge in [0.1, 0.15) is 0 Å². The van der Waals surface area contributed by atoms with Crippen LogP contribution < -0.4 is 0 Å². The molecular formula is C52H31N3. The first-order valence-electron chi connectivity index (χ1n) is 18.8. The SMILES string of the molecule is C1=Cc2ccc(-c3cc(-c4cccnc4)nc(-c4ccccc4)n3)cc2C2(c3ccccc31)c1ccccc1-c1c2cc2ccc3cccc4ccc1c2c34. The Bertz CT molecular complexity index is 3130. The van der Waals surface area contributed by atoms with Gasteiger partial charge in [-0.25, -0.2) is 9.97 Å². The van der Waals surface area contributed by atoms with Gasteiger partial charge in [-0.2, -0.15) is 0 Å². The van der Waals surface area contributed by atoms with E-state index in [1.807, 2.05) is 30.5 Å². The van der Waals surface area contributed by atoms with Crippen molar-refractivity contribution in [2.45, 2.75) is 5.41 Å². The third-order valence-electron chi connectivity index (χ3n) is 11.9. The second-order valence-corrected chi connectivity index (χ2v) is 14.7. The van der Waals surface area contributed by atoms with Crippen LogP contribution in [0.4, 0.5) is 0 Å². The molecule has 55 heavy (non-hydrogen) atoms. The Kier molecular flexibility index (Phi) is 6.26. The molecule has 0 N–H and O–H groups in total. The Hall–Kier alpha value is -7.23. The van der Waals surface area contributed by atoms with Crippen LogP contribution in [0.25, 0.3) is 89.5 Å². The van der Waals surface area contributed by atoms with Crippen molar-refractivity contribution in [3.63, 3.8) is 0 Å². The second kappa shape index (κ2) is 11.4. The van der Waals surface area contributed by atoms with E-state index in [0.717, 1.165) is 28.1 Å². The molecule has 3 nitrogen and oxygen atoms in total. The average molecular weight is 698 g/mol. The first-order chi connectivity index (χ1) is 27.3. The fraction of sp³-hybridized carbons (Fsp3) is 0.0192.